The normalized spacial score (nSPS) is 13.8. The van der Waals surface area contributed by atoms with Crippen molar-refractivity contribution in [2.45, 2.75) is 37.1 Å². The summed E-state index contributed by atoms with van der Waals surface area (Å²) in [5.41, 5.74) is 0.900. The quantitative estimate of drug-likeness (QED) is 0.581. The molecule has 2 rings (SSSR count). The lowest BCUT2D eigenvalue weighted by Gasteiger charge is -2.23. The molecule has 2 N–H and O–H groups in total. The van der Waals surface area contributed by atoms with Crippen LogP contribution in [0.1, 0.15) is 25.8 Å². The van der Waals surface area contributed by atoms with Crippen LogP contribution in [-0.2, 0) is 21.4 Å². The molecule has 0 aliphatic rings. The maximum Gasteiger partial charge on any atom is 0.250 e. The third-order valence-corrected chi connectivity index (χ3v) is 7.77. The van der Waals surface area contributed by atoms with Crippen molar-refractivity contribution in [3.8, 4) is 5.75 Å². The van der Waals surface area contributed by atoms with Gasteiger partial charge < -0.3 is 10.1 Å². The molecular formula is C18H23BrN2O4S2. The van der Waals surface area contributed by atoms with E-state index < -0.39 is 16.1 Å². The second-order valence-corrected chi connectivity index (χ2v) is 10.5. The smallest absolute Gasteiger partial charge is 0.250 e. The molecule has 1 amide bonds. The number of carbonyl (C=O) groups excluding carboxylic acids is 1. The van der Waals surface area contributed by atoms with Gasteiger partial charge in [-0.15, -0.1) is 11.3 Å². The molecule has 27 heavy (non-hydrogen) atoms. The minimum absolute atomic E-state index is 0.154. The van der Waals surface area contributed by atoms with Crippen molar-refractivity contribution in [2.75, 3.05) is 7.11 Å². The van der Waals surface area contributed by atoms with E-state index in [2.05, 4.69) is 26.0 Å². The molecule has 148 valence electrons. The first kappa shape index (κ1) is 21.9. The van der Waals surface area contributed by atoms with Gasteiger partial charge in [-0.25, -0.2) is 8.42 Å². The lowest BCUT2D eigenvalue weighted by atomic mass is 9.99. The van der Waals surface area contributed by atoms with E-state index >= 15 is 0 Å². The fraction of sp³-hybridized carbons (Fsp3) is 0.389. The van der Waals surface area contributed by atoms with E-state index in [0.29, 0.717) is 16.8 Å². The van der Waals surface area contributed by atoms with Gasteiger partial charge in [0, 0.05) is 6.54 Å². The zero-order chi connectivity index (χ0) is 20.0. The van der Waals surface area contributed by atoms with Gasteiger partial charge in [0.2, 0.25) is 5.91 Å². The van der Waals surface area contributed by atoms with E-state index in [1.165, 1.54) is 6.07 Å². The van der Waals surface area contributed by atoms with Gasteiger partial charge in [-0.3, -0.25) is 4.79 Å². The highest BCUT2D eigenvalue weighted by molar-refractivity contribution is 9.11. The third kappa shape index (κ3) is 6.03. The second kappa shape index (κ2) is 9.68. The summed E-state index contributed by atoms with van der Waals surface area (Å²) in [4.78, 5) is 12.7. The Kier molecular flexibility index (Phi) is 7.84. The fourth-order valence-electron chi connectivity index (χ4n) is 2.37. The van der Waals surface area contributed by atoms with Crippen LogP contribution in [0.15, 0.2) is 44.4 Å². The molecule has 0 aliphatic heterocycles. The van der Waals surface area contributed by atoms with Crippen LogP contribution in [0.3, 0.4) is 0 Å². The minimum atomic E-state index is -3.77. The fourth-order valence-corrected chi connectivity index (χ4v) is 5.70. The molecule has 0 saturated heterocycles. The van der Waals surface area contributed by atoms with Crippen LogP contribution in [0.25, 0.3) is 0 Å². The van der Waals surface area contributed by atoms with E-state index in [0.717, 1.165) is 22.6 Å². The Morgan fingerprint density at radius 1 is 1.22 bits per heavy atom. The van der Waals surface area contributed by atoms with E-state index in [-0.39, 0.29) is 16.0 Å². The van der Waals surface area contributed by atoms with Gasteiger partial charge in [0.05, 0.1) is 10.9 Å². The number of rotatable bonds is 9. The number of amides is 1. The maximum atomic E-state index is 12.7. The number of methoxy groups -OCH3 is 1. The van der Waals surface area contributed by atoms with Gasteiger partial charge in [-0.05, 0) is 51.7 Å². The largest absolute Gasteiger partial charge is 0.497 e. The molecule has 0 saturated carbocycles. The lowest BCUT2D eigenvalue weighted by molar-refractivity contribution is -0.124. The van der Waals surface area contributed by atoms with Gasteiger partial charge in [0.25, 0.3) is 10.0 Å². The number of thiophene rings is 1. The Labute approximate surface area is 172 Å². The van der Waals surface area contributed by atoms with Crippen LogP contribution < -0.4 is 14.8 Å². The molecular weight excluding hydrogens is 452 g/mol. The molecule has 2 aromatic rings. The van der Waals surface area contributed by atoms with Crippen LogP contribution in [0, 0.1) is 5.92 Å². The highest BCUT2D eigenvalue weighted by Crippen LogP contribution is 2.26. The molecule has 1 aromatic carbocycles. The Morgan fingerprint density at radius 2 is 1.89 bits per heavy atom. The highest BCUT2D eigenvalue weighted by Gasteiger charge is 2.30. The van der Waals surface area contributed by atoms with Crippen LogP contribution in [-0.4, -0.2) is 27.5 Å². The maximum absolute atomic E-state index is 12.7. The molecule has 0 bridgehead atoms. The molecule has 0 unspecified atom stereocenters. The lowest BCUT2D eigenvalue weighted by Crippen LogP contribution is -2.49. The van der Waals surface area contributed by atoms with Crippen molar-refractivity contribution in [3.63, 3.8) is 0 Å². The van der Waals surface area contributed by atoms with Gasteiger partial charge in [0.1, 0.15) is 16.0 Å². The van der Waals surface area contributed by atoms with Crippen LogP contribution >= 0.6 is 27.3 Å². The average Bonchev–Trinajstić information content (AvgIpc) is 3.11. The SMILES string of the molecule is CC[C@H](C)[C@H](NS(=O)(=O)c1ccc(Br)s1)C(=O)NCc1ccc(OC)cc1. The topological polar surface area (TPSA) is 84.5 Å². The number of hydrogen-bond acceptors (Lipinski definition) is 5. The number of carbonyl (C=O) groups is 1. The molecule has 1 aromatic heterocycles. The summed E-state index contributed by atoms with van der Waals surface area (Å²) in [6.07, 6.45) is 0.664. The van der Waals surface area contributed by atoms with E-state index in [1.54, 1.807) is 13.2 Å². The number of ether oxygens (including phenoxy) is 1. The molecule has 2 atom stereocenters. The summed E-state index contributed by atoms with van der Waals surface area (Å²) >= 11 is 4.37. The molecule has 9 heteroatoms. The van der Waals surface area contributed by atoms with Crippen molar-refractivity contribution >= 4 is 43.2 Å². The molecule has 1 heterocycles. The van der Waals surface area contributed by atoms with Gasteiger partial charge >= 0.3 is 0 Å². The van der Waals surface area contributed by atoms with E-state index in [4.69, 9.17) is 4.74 Å². The van der Waals surface area contributed by atoms with Crippen molar-refractivity contribution in [2.24, 2.45) is 5.92 Å². The van der Waals surface area contributed by atoms with Crippen molar-refractivity contribution in [1.82, 2.24) is 10.0 Å². The minimum Gasteiger partial charge on any atom is -0.497 e. The summed E-state index contributed by atoms with van der Waals surface area (Å²) in [6, 6.07) is 9.66. The van der Waals surface area contributed by atoms with E-state index in [9.17, 15) is 13.2 Å². The summed E-state index contributed by atoms with van der Waals surface area (Å²) in [5, 5.41) is 2.82. The van der Waals surface area contributed by atoms with Gasteiger partial charge in [0.15, 0.2) is 0 Å². The number of halogens is 1. The summed E-state index contributed by atoms with van der Waals surface area (Å²) < 4.78 is 33.8. The second-order valence-electron chi connectivity index (χ2n) is 6.11. The predicted octanol–water partition coefficient (Wildman–Crippen LogP) is 3.53. The summed E-state index contributed by atoms with van der Waals surface area (Å²) in [5.74, 6) is 0.232. The van der Waals surface area contributed by atoms with Gasteiger partial charge in [-0.2, -0.15) is 4.72 Å². The standard InChI is InChI=1S/C18H23BrN2O4S2/c1-4-12(2)17(21-27(23,24)16-10-9-15(19)26-16)18(22)20-11-13-5-7-14(25-3)8-6-13/h5-10,12,17,21H,4,11H2,1-3H3,(H,20,22)/t12-,17-/m0/s1. The zero-order valence-electron chi connectivity index (χ0n) is 15.4. The summed E-state index contributed by atoms with van der Waals surface area (Å²) in [6.45, 7) is 4.08. The summed E-state index contributed by atoms with van der Waals surface area (Å²) in [7, 11) is -2.18. The van der Waals surface area contributed by atoms with Crippen molar-refractivity contribution in [1.29, 1.82) is 0 Å². The number of benzene rings is 1. The number of hydrogen-bond donors (Lipinski definition) is 2. The van der Waals surface area contributed by atoms with Crippen LogP contribution in [0.2, 0.25) is 0 Å². The highest BCUT2D eigenvalue weighted by atomic mass is 79.9. The monoisotopic (exact) mass is 474 g/mol. The molecule has 0 spiro atoms. The third-order valence-electron chi connectivity index (χ3n) is 4.22. The number of nitrogens with one attached hydrogen (secondary N) is 2. The average molecular weight is 475 g/mol. The van der Waals surface area contributed by atoms with Crippen molar-refractivity contribution in [3.05, 3.63) is 45.7 Å². The Morgan fingerprint density at radius 3 is 2.41 bits per heavy atom. The zero-order valence-corrected chi connectivity index (χ0v) is 18.6. The van der Waals surface area contributed by atoms with Crippen LogP contribution in [0.4, 0.5) is 0 Å². The Hall–Kier alpha value is -1.42. The molecule has 0 radical (unpaired) electrons. The van der Waals surface area contributed by atoms with Crippen LogP contribution in [0.5, 0.6) is 5.75 Å². The first-order valence-electron chi connectivity index (χ1n) is 8.45. The first-order valence-corrected chi connectivity index (χ1v) is 11.5. The molecule has 0 fully saturated rings. The van der Waals surface area contributed by atoms with Gasteiger partial charge in [-0.1, -0.05) is 32.4 Å². The number of sulfonamides is 1. The molecule has 0 aliphatic carbocycles. The van der Waals surface area contributed by atoms with Crippen molar-refractivity contribution < 1.29 is 17.9 Å². The predicted molar refractivity (Wildman–Crippen MR) is 110 cm³/mol. The van der Waals surface area contributed by atoms with E-state index in [1.807, 2.05) is 38.1 Å². The molecule has 6 nitrogen and oxygen atoms in total. The first-order chi connectivity index (χ1) is 12.8. The Bertz CT molecular complexity index is 866. The Balaban J connectivity index is 2.09.